The molecule has 0 spiro atoms. The molecule has 0 saturated carbocycles. The van der Waals surface area contributed by atoms with Crippen LogP contribution in [0.4, 0.5) is 23.2 Å². The van der Waals surface area contributed by atoms with E-state index in [-0.39, 0.29) is 17.9 Å². The number of esters is 1. The van der Waals surface area contributed by atoms with Crippen LogP contribution in [0.1, 0.15) is 17.3 Å². The zero-order chi connectivity index (χ0) is 23.2. The molecule has 7 nitrogen and oxygen atoms in total. The van der Waals surface area contributed by atoms with E-state index in [1.54, 1.807) is 5.32 Å². The summed E-state index contributed by atoms with van der Waals surface area (Å²) in [5.74, 6) is -2.65. The molecule has 0 aliphatic carbocycles. The lowest BCUT2D eigenvalue weighted by Crippen LogP contribution is -2.37. The van der Waals surface area contributed by atoms with Gasteiger partial charge in [0.25, 0.3) is 15.9 Å². The minimum atomic E-state index is -4.64. The van der Waals surface area contributed by atoms with Gasteiger partial charge in [0.15, 0.2) is 0 Å². The second kappa shape index (κ2) is 9.77. The van der Waals surface area contributed by atoms with E-state index in [1.807, 2.05) is 0 Å². The van der Waals surface area contributed by atoms with Crippen LogP contribution in [-0.2, 0) is 19.6 Å². The van der Waals surface area contributed by atoms with E-state index >= 15 is 0 Å². The van der Waals surface area contributed by atoms with Crippen molar-refractivity contribution in [1.29, 1.82) is 0 Å². The van der Waals surface area contributed by atoms with E-state index in [4.69, 9.17) is 4.74 Å². The number of anilines is 1. The van der Waals surface area contributed by atoms with Crippen molar-refractivity contribution in [3.63, 3.8) is 0 Å². The Morgan fingerprint density at radius 2 is 1.74 bits per heavy atom. The number of nitrogens with zero attached hydrogens (tertiary/aromatic N) is 1. The van der Waals surface area contributed by atoms with Crippen molar-refractivity contribution in [3.05, 3.63) is 59.9 Å². The maximum atomic E-state index is 13.3. The van der Waals surface area contributed by atoms with Crippen LogP contribution in [0, 0.1) is 5.82 Å². The van der Waals surface area contributed by atoms with Crippen molar-refractivity contribution >= 4 is 27.6 Å². The van der Waals surface area contributed by atoms with Gasteiger partial charge in [-0.15, -0.1) is 0 Å². The van der Waals surface area contributed by atoms with Crippen molar-refractivity contribution in [2.45, 2.75) is 18.0 Å². The number of carbonyl (C=O) groups excluding carboxylic acids is 2. The number of amides is 1. The van der Waals surface area contributed by atoms with E-state index in [0.29, 0.717) is 4.31 Å². The summed E-state index contributed by atoms with van der Waals surface area (Å²) in [4.78, 5) is 23.5. The zero-order valence-corrected chi connectivity index (χ0v) is 17.0. The summed E-state index contributed by atoms with van der Waals surface area (Å²) in [7, 11) is -4.47. The first-order valence-electron chi connectivity index (χ1n) is 8.83. The molecule has 0 heterocycles. The third-order valence-electron chi connectivity index (χ3n) is 3.83. The van der Waals surface area contributed by atoms with Gasteiger partial charge in [-0.25, -0.2) is 12.8 Å². The van der Waals surface area contributed by atoms with Crippen LogP contribution >= 0.6 is 0 Å². The first-order chi connectivity index (χ1) is 14.4. The molecule has 0 saturated heterocycles. The van der Waals surface area contributed by atoms with Crippen LogP contribution in [-0.4, -0.2) is 46.2 Å². The van der Waals surface area contributed by atoms with Crippen molar-refractivity contribution in [1.82, 2.24) is 5.32 Å². The molecule has 2 aromatic rings. The molecular formula is C19H18F4N2O5S. The van der Waals surface area contributed by atoms with E-state index in [9.17, 15) is 35.6 Å². The summed E-state index contributed by atoms with van der Waals surface area (Å²) in [6.45, 7) is -0.817. The van der Waals surface area contributed by atoms with Crippen LogP contribution < -0.4 is 9.62 Å². The maximum absolute atomic E-state index is 13.3. The summed E-state index contributed by atoms with van der Waals surface area (Å²) >= 11 is 0. The smallest absolute Gasteiger partial charge is 0.405 e. The first-order valence-corrected chi connectivity index (χ1v) is 10.3. The lowest BCUT2D eigenvalue weighted by Gasteiger charge is -2.24. The predicted octanol–water partition coefficient (Wildman–Crippen LogP) is 2.88. The molecule has 0 atom stereocenters. The summed E-state index contributed by atoms with van der Waals surface area (Å²) in [6, 6.07) is 8.53. The zero-order valence-electron chi connectivity index (χ0n) is 16.1. The van der Waals surface area contributed by atoms with Crippen molar-refractivity contribution in [3.8, 4) is 0 Å². The summed E-state index contributed by atoms with van der Waals surface area (Å²) < 4.78 is 82.0. The van der Waals surface area contributed by atoms with Gasteiger partial charge >= 0.3 is 12.1 Å². The number of benzene rings is 2. The fourth-order valence-electron chi connectivity index (χ4n) is 2.45. The minimum absolute atomic E-state index is 0.00893. The molecule has 0 fully saturated rings. The number of nitrogens with one attached hydrogen (secondary N) is 1. The number of sulfonamides is 1. The highest BCUT2D eigenvalue weighted by Crippen LogP contribution is 2.25. The van der Waals surface area contributed by atoms with Gasteiger partial charge in [-0.05, 0) is 49.4 Å². The second-order valence-corrected chi connectivity index (χ2v) is 7.98. The normalized spacial score (nSPS) is 11.6. The first kappa shape index (κ1) is 24.1. The molecule has 1 amide bonds. The molecule has 0 aliphatic rings. The molecule has 31 heavy (non-hydrogen) atoms. The van der Waals surface area contributed by atoms with E-state index in [1.165, 1.54) is 13.0 Å². The van der Waals surface area contributed by atoms with E-state index < -0.39 is 51.9 Å². The molecule has 0 bridgehead atoms. The van der Waals surface area contributed by atoms with Crippen LogP contribution in [0.15, 0.2) is 53.4 Å². The van der Waals surface area contributed by atoms with Gasteiger partial charge in [0.1, 0.15) is 18.9 Å². The number of ether oxygens (including phenoxy) is 1. The summed E-state index contributed by atoms with van der Waals surface area (Å²) in [6.07, 6.45) is -4.64. The Morgan fingerprint density at radius 1 is 1.10 bits per heavy atom. The molecule has 0 radical (unpaired) electrons. The highest BCUT2D eigenvalue weighted by molar-refractivity contribution is 7.92. The topological polar surface area (TPSA) is 92.8 Å². The molecule has 1 N–H and O–H groups in total. The number of hydrogen-bond donors (Lipinski definition) is 1. The van der Waals surface area contributed by atoms with Crippen LogP contribution in [0.25, 0.3) is 0 Å². The van der Waals surface area contributed by atoms with Crippen molar-refractivity contribution in [2.24, 2.45) is 0 Å². The van der Waals surface area contributed by atoms with Gasteiger partial charge in [-0.3, -0.25) is 13.9 Å². The van der Waals surface area contributed by atoms with Gasteiger partial charge in [-0.1, -0.05) is 6.07 Å². The van der Waals surface area contributed by atoms with Gasteiger partial charge in [0.2, 0.25) is 0 Å². The quantitative estimate of drug-likeness (QED) is 0.481. The summed E-state index contributed by atoms with van der Waals surface area (Å²) in [5.41, 5.74) is -0.387. The predicted molar refractivity (Wildman–Crippen MR) is 102 cm³/mol. The Hall–Kier alpha value is -3.15. The largest absolute Gasteiger partial charge is 0.465 e. The van der Waals surface area contributed by atoms with E-state index in [2.05, 4.69) is 0 Å². The monoisotopic (exact) mass is 462 g/mol. The van der Waals surface area contributed by atoms with Gasteiger partial charge in [0.05, 0.1) is 17.2 Å². The average Bonchev–Trinajstić information content (AvgIpc) is 2.70. The Balaban J connectivity index is 2.41. The Labute approximate surface area is 175 Å². The molecular weight excluding hydrogens is 444 g/mol. The van der Waals surface area contributed by atoms with Crippen LogP contribution in [0.5, 0.6) is 0 Å². The van der Waals surface area contributed by atoms with Gasteiger partial charge in [-0.2, -0.15) is 13.2 Å². The third-order valence-corrected chi connectivity index (χ3v) is 5.60. The van der Waals surface area contributed by atoms with Crippen LogP contribution in [0.3, 0.4) is 0 Å². The molecule has 0 aliphatic heterocycles. The Bertz CT molecular complexity index is 1040. The maximum Gasteiger partial charge on any atom is 0.405 e. The molecule has 0 aromatic heterocycles. The fourth-order valence-corrected chi connectivity index (χ4v) is 3.91. The Kier molecular flexibility index (Phi) is 7.60. The molecule has 2 rings (SSSR count). The third kappa shape index (κ3) is 6.67. The number of hydrogen-bond acceptors (Lipinski definition) is 5. The number of rotatable bonds is 8. The molecule has 2 aromatic carbocycles. The van der Waals surface area contributed by atoms with E-state index in [0.717, 1.165) is 42.5 Å². The minimum Gasteiger partial charge on any atom is -0.465 e. The van der Waals surface area contributed by atoms with Crippen molar-refractivity contribution < 1.29 is 40.3 Å². The number of halogens is 4. The molecule has 0 unspecified atom stereocenters. The number of alkyl halides is 3. The molecule has 12 heteroatoms. The van der Waals surface area contributed by atoms with Crippen molar-refractivity contribution in [2.75, 3.05) is 24.0 Å². The lowest BCUT2D eigenvalue weighted by atomic mass is 10.2. The van der Waals surface area contributed by atoms with Gasteiger partial charge in [0, 0.05) is 5.56 Å². The number of carbonyl (C=O) groups is 2. The SMILES string of the molecule is CCOC(=O)CN(c1ccc(F)cc1)S(=O)(=O)c1cccc(C(=O)NCC(F)(F)F)c1. The highest BCUT2D eigenvalue weighted by atomic mass is 32.2. The Morgan fingerprint density at radius 3 is 2.32 bits per heavy atom. The second-order valence-electron chi connectivity index (χ2n) is 6.12. The average molecular weight is 462 g/mol. The fraction of sp³-hybridized carbons (Fsp3) is 0.263. The highest BCUT2D eigenvalue weighted by Gasteiger charge is 2.30. The van der Waals surface area contributed by atoms with Crippen LogP contribution in [0.2, 0.25) is 0 Å². The summed E-state index contributed by atoms with van der Waals surface area (Å²) in [5, 5.41) is 1.65. The van der Waals surface area contributed by atoms with Gasteiger partial charge < -0.3 is 10.1 Å². The standard InChI is InChI=1S/C19H18F4N2O5S/c1-2-30-17(26)11-25(15-8-6-14(20)7-9-15)31(28,29)16-5-3-4-13(10-16)18(27)24-12-19(21,22)23/h3-10H,2,11-12H2,1H3,(H,24,27). The lowest BCUT2D eigenvalue weighted by molar-refractivity contribution is -0.141. The molecule has 168 valence electrons.